The Morgan fingerprint density at radius 2 is 1.90 bits per heavy atom. The van der Waals surface area contributed by atoms with Crippen molar-refractivity contribution in [3.63, 3.8) is 0 Å². The van der Waals surface area contributed by atoms with Crippen molar-refractivity contribution in [3.8, 4) is 16.9 Å². The van der Waals surface area contributed by atoms with E-state index in [1.807, 2.05) is 4.57 Å². The third kappa shape index (κ3) is 3.07. The van der Waals surface area contributed by atoms with Gasteiger partial charge < -0.3 is 9.30 Å². The standard InChI is InChI=1S/C20H12F4N2O3S/c21-14-7-13-15(8-12(14)9-2-1-3-11(6-9)29-20(22,23)24)26(10-4-5-10)19-16(17(13)27)18(28)25-30-19/h1-3,6-8,10H,4-5H2,(H,25,28). The molecule has 30 heavy (non-hydrogen) atoms. The van der Waals surface area contributed by atoms with Crippen LogP contribution in [0.15, 0.2) is 46.0 Å². The fourth-order valence-electron chi connectivity index (χ4n) is 3.63. The summed E-state index contributed by atoms with van der Waals surface area (Å²) in [4.78, 5) is 25.4. The van der Waals surface area contributed by atoms with Gasteiger partial charge in [-0.3, -0.25) is 14.0 Å². The summed E-state index contributed by atoms with van der Waals surface area (Å²) in [5.41, 5.74) is -0.444. The second kappa shape index (κ2) is 6.43. The average molecular weight is 436 g/mol. The molecule has 1 saturated carbocycles. The van der Waals surface area contributed by atoms with Crippen molar-refractivity contribution in [1.82, 2.24) is 8.94 Å². The van der Waals surface area contributed by atoms with Gasteiger partial charge in [0, 0.05) is 17.0 Å². The maximum atomic E-state index is 14.9. The number of nitrogens with zero attached hydrogens (tertiary/aromatic N) is 1. The van der Waals surface area contributed by atoms with Crippen molar-refractivity contribution >= 4 is 32.7 Å². The third-order valence-corrected chi connectivity index (χ3v) is 5.89. The van der Waals surface area contributed by atoms with Gasteiger partial charge in [0.15, 0.2) is 0 Å². The van der Waals surface area contributed by atoms with E-state index in [1.54, 1.807) is 0 Å². The van der Waals surface area contributed by atoms with Gasteiger partial charge in [-0.05, 0) is 54.2 Å². The van der Waals surface area contributed by atoms with Crippen molar-refractivity contribution < 1.29 is 22.3 Å². The zero-order valence-electron chi connectivity index (χ0n) is 15.0. The molecule has 1 N–H and O–H groups in total. The predicted molar refractivity (Wildman–Crippen MR) is 105 cm³/mol. The molecule has 2 aromatic carbocycles. The molecule has 0 atom stereocenters. The first kappa shape index (κ1) is 18.9. The molecular weight excluding hydrogens is 424 g/mol. The number of aromatic amines is 1. The van der Waals surface area contributed by atoms with E-state index in [9.17, 15) is 27.2 Å². The Balaban J connectivity index is 1.78. The highest BCUT2D eigenvalue weighted by molar-refractivity contribution is 7.12. The molecule has 2 aromatic heterocycles. The van der Waals surface area contributed by atoms with Crippen molar-refractivity contribution in [3.05, 3.63) is 62.8 Å². The molecule has 5 rings (SSSR count). The Hall–Kier alpha value is -3.14. The summed E-state index contributed by atoms with van der Waals surface area (Å²) in [6.07, 6.45) is -3.17. The summed E-state index contributed by atoms with van der Waals surface area (Å²) < 4.78 is 60.9. The van der Waals surface area contributed by atoms with Gasteiger partial charge in [-0.25, -0.2) is 4.39 Å². The van der Waals surface area contributed by atoms with Gasteiger partial charge in [-0.15, -0.1) is 13.2 Å². The zero-order chi connectivity index (χ0) is 21.2. The summed E-state index contributed by atoms with van der Waals surface area (Å²) in [5.74, 6) is -1.25. The van der Waals surface area contributed by atoms with E-state index in [1.165, 1.54) is 18.2 Å². The molecule has 1 fully saturated rings. The Morgan fingerprint density at radius 1 is 1.13 bits per heavy atom. The van der Waals surface area contributed by atoms with Crippen molar-refractivity contribution in [2.75, 3.05) is 0 Å². The quantitative estimate of drug-likeness (QED) is 0.463. The number of fused-ring (bicyclic) bond motifs is 2. The largest absolute Gasteiger partial charge is 0.573 e. The Bertz CT molecular complexity index is 1430. The van der Waals surface area contributed by atoms with E-state index in [0.717, 1.165) is 42.6 Å². The highest BCUT2D eigenvalue weighted by Crippen LogP contribution is 2.41. The van der Waals surface area contributed by atoms with Crippen LogP contribution in [0.25, 0.3) is 32.2 Å². The minimum absolute atomic E-state index is 0.00729. The number of ether oxygens (including phenoxy) is 1. The minimum atomic E-state index is -4.87. The van der Waals surface area contributed by atoms with Crippen molar-refractivity contribution in [1.29, 1.82) is 0 Å². The number of hydrogen-bond donors (Lipinski definition) is 1. The molecule has 0 spiro atoms. The molecule has 5 nitrogen and oxygen atoms in total. The molecule has 0 saturated heterocycles. The lowest BCUT2D eigenvalue weighted by atomic mass is 10.0. The van der Waals surface area contributed by atoms with E-state index in [4.69, 9.17) is 0 Å². The Morgan fingerprint density at radius 3 is 2.60 bits per heavy atom. The molecule has 10 heteroatoms. The zero-order valence-corrected chi connectivity index (χ0v) is 15.9. The molecule has 2 heterocycles. The lowest BCUT2D eigenvalue weighted by Gasteiger charge is -2.14. The first-order valence-corrected chi connectivity index (χ1v) is 9.80. The van der Waals surface area contributed by atoms with Crippen LogP contribution >= 0.6 is 11.5 Å². The molecule has 4 aromatic rings. The normalized spacial score (nSPS) is 14.5. The van der Waals surface area contributed by atoms with Crippen LogP contribution in [0, 0.1) is 5.82 Å². The summed E-state index contributed by atoms with van der Waals surface area (Å²) in [6, 6.07) is 7.55. The third-order valence-electron chi connectivity index (χ3n) is 5.01. The minimum Gasteiger partial charge on any atom is -0.406 e. The fourth-order valence-corrected chi connectivity index (χ4v) is 4.55. The number of halogens is 4. The number of pyridine rings is 1. The Labute approximate surface area is 169 Å². The van der Waals surface area contributed by atoms with Gasteiger partial charge in [-0.2, -0.15) is 0 Å². The molecule has 0 bridgehead atoms. The summed E-state index contributed by atoms with van der Waals surface area (Å²) in [7, 11) is 0. The van der Waals surface area contributed by atoms with Gasteiger partial charge in [0.05, 0.1) is 5.52 Å². The molecule has 1 aliphatic rings. The Kier molecular flexibility index (Phi) is 4.04. The summed E-state index contributed by atoms with van der Waals surface area (Å²) >= 11 is 1.04. The molecule has 0 amide bonds. The second-order valence-electron chi connectivity index (χ2n) is 7.07. The monoisotopic (exact) mass is 436 g/mol. The average Bonchev–Trinajstić information content (AvgIpc) is 3.43. The summed E-state index contributed by atoms with van der Waals surface area (Å²) in [6.45, 7) is 0. The van der Waals surface area contributed by atoms with Crippen LogP contribution in [0.2, 0.25) is 0 Å². The number of alkyl halides is 3. The maximum absolute atomic E-state index is 14.9. The maximum Gasteiger partial charge on any atom is 0.573 e. The number of hydrogen-bond acceptors (Lipinski definition) is 4. The molecule has 154 valence electrons. The van der Waals surface area contributed by atoms with Crippen molar-refractivity contribution in [2.24, 2.45) is 0 Å². The van der Waals surface area contributed by atoms with Gasteiger partial charge in [0.2, 0.25) is 5.43 Å². The van der Waals surface area contributed by atoms with Gasteiger partial charge in [0.25, 0.3) is 5.56 Å². The predicted octanol–water partition coefficient (Wildman–Crippen LogP) is 4.94. The number of aromatic nitrogens is 2. The van der Waals surface area contributed by atoms with Crippen LogP contribution < -0.4 is 15.7 Å². The molecular formula is C20H12F4N2O3S. The van der Waals surface area contributed by atoms with E-state index < -0.39 is 28.9 Å². The lowest BCUT2D eigenvalue weighted by Crippen LogP contribution is -2.17. The van der Waals surface area contributed by atoms with Crippen LogP contribution in [-0.2, 0) is 0 Å². The van der Waals surface area contributed by atoms with Crippen LogP contribution in [0.5, 0.6) is 5.75 Å². The highest BCUT2D eigenvalue weighted by Gasteiger charge is 2.31. The van der Waals surface area contributed by atoms with E-state index in [0.29, 0.717) is 10.3 Å². The smallest absolute Gasteiger partial charge is 0.406 e. The number of benzene rings is 2. The van der Waals surface area contributed by atoms with E-state index >= 15 is 0 Å². The molecule has 0 radical (unpaired) electrons. The van der Waals surface area contributed by atoms with Gasteiger partial charge >= 0.3 is 6.36 Å². The van der Waals surface area contributed by atoms with E-state index in [-0.39, 0.29) is 27.9 Å². The first-order valence-electron chi connectivity index (χ1n) is 8.98. The highest BCUT2D eigenvalue weighted by atomic mass is 32.1. The van der Waals surface area contributed by atoms with Crippen LogP contribution in [0.4, 0.5) is 17.6 Å². The molecule has 0 aliphatic heterocycles. The van der Waals surface area contributed by atoms with Crippen molar-refractivity contribution in [2.45, 2.75) is 25.2 Å². The molecule has 1 aliphatic carbocycles. The number of rotatable bonds is 3. The topological polar surface area (TPSA) is 64.1 Å². The van der Waals surface area contributed by atoms with Gasteiger partial charge in [-0.1, -0.05) is 12.1 Å². The summed E-state index contributed by atoms with van der Waals surface area (Å²) in [5, 5.41) is 0.0503. The van der Waals surface area contributed by atoms with Crippen LogP contribution in [0.1, 0.15) is 18.9 Å². The SMILES string of the molecule is O=c1[nH]sc2c1c(=O)c1cc(F)c(-c3cccc(OC(F)(F)F)c3)cc1n2C1CC1. The number of H-pyrrole nitrogens is 1. The van der Waals surface area contributed by atoms with Gasteiger partial charge in [0.1, 0.15) is 21.8 Å². The van der Waals surface area contributed by atoms with Crippen LogP contribution in [0.3, 0.4) is 0 Å². The van der Waals surface area contributed by atoms with Crippen LogP contribution in [-0.4, -0.2) is 15.3 Å². The lowest BCUT2D eigenvalue weighted by molar-refractivity contribution is -0.274. The fraction of sp³-hybridized carbons (Fsp3) is 0.200. The second-order valence-corrected chi connectivity index (χ2v) is 7.86. The van der Waals surface area contributed by atoms with E-state index in [2.05, 4.69) is 9.11 Å². The first-order chi connectivity index (χ1) is 14.2. The number of nitrogens with one attached hydrogen (secondary N) is 1. The molecule has 0 unspecified atom stereocenters.